The Hall–Kier alpha value is -1.29. The number of hydrogen-bond acceptors (Lipinski definition) is 0. The predicted octanol–water partition coefficient (Wildman–Crippen LogP) is 5.13. The molecule has 0 aliphatic carbocycles. The molecule has 0 radical (unpaired) electrons. The summed E-state index contributed by atoms with van der Waals surface area (Å²) in [6.45, 7) is 0. The van der Waals surface area contributed by atoms with Crippen LogP contribution >= 0.6 is 15.9 Å². The van der Waals surface area contributed by atoms with Crippen LogP contribution in [0.3, 0.4) is 0 Å². The molecule has 0 aliphatic rings. The summed E-state index contributed by atoms with van der Waals surface area (Å²) in [6.07, 6.45) is -4.28. The van der Waals surface area contributed by atoms with Gasteiger partial charge < -0.3 is 0 Å². The SMILES string of the molecule is FC(F)(F)c1ccc(-c2cccc(Br)c2)cc1. The van der Waals surface area contributed by atoms with Crippen molar-refractivity contribution in [3.8, 4) is 11.1 Å². The largest absolute Gasteiger partial charge is 0.416 e. The molecule has 0 saturated heterocycles. The number of rotatable bonds is 1. The molecular formula is C13H8BrF3. The maximum atomic E-state index is 12.4. The number of hydrogen-bond donors (Lipinski definition) is 0. The lowest BCUT2D eigenvalue weighted by Crippen LogP contribution is -2.03. The summed E-state index contributed by atoms with van der Waals surface area (Å²) in [4.78, 5) is 0. The summed E-state index contributed by atoms with van der Waals surface area (Å²) in [5, 5.41) is 0. The Morgan fingerprint density at radius 1 is 0.824 bits per heavy atom. The second kappa shape index (κ2) is 4.53. The molecule has 0 N–H and O–H groups in total. The van der Waals surface area contributed by atoms with Crippen molar-refractivity contribution in [2.24, 2.45) is 0 Å². The van der Waals surface area contributed by atoms with Crippen LogP contribution in [0, 0.1) is 0 Å². The molecule has 2 rings (SSSR count). The fraction of sp³-hybridized carbons (Fsp3) is 0.0769. The summed E-state index contributed by atoms with van der Waals surface area (Å²) >= 11 is 3.33. The third-order valence-corrected chi connectivity index (χ3v) is 2.86. The Balaban J connectivity index is 2.36. The van der Waals surface area contributed by atoms with Gasteiger partial charge in [0.2, 0.25) is 0 Å². The standard InChI is InChI=1S/C13H8BrF3/c14-12-3-1-2-10(8-12)9-4-6-11(7-5-9)13(15,16)17/h1-8H. The molecular weight excluding hydrogens is 293 g/mol. The van der Waals surface area contributed by atoms with E-state index in [1.165, 1.54) is 12.1 Å². The van der Waals surface area contributed by atoms with Gasteiger partial charge in [-0.1, -0.05) is 40.2 Å². The van der Waals surface area contributed by atoms with E-state index in [-0.39, 0.29) is 0 Å². The van der Waals surface area contributed by atoms with E-state index in [4.69, 9.17) is 0 Å². The minimum atomic E-state index is -4.28. The maximum absolute atomic E-state index is 12.4. The fourth-order valence-electron chi connectivity index (χ4n) is 1.52. The van der Waals surface area contributed by atoms with Crippen LogP contribution in [0.5, 0.6) is 0 Å². The minimum Gasteiger partial charge on any atom is -0.166 e. The molecule has 0 amide bonds. The highest BCUT2D eigenvalue weighted by Crippen LogP contribution is 2.31. The smallest absolute Gasteiger partial charge is 0.166 e. The zero-order valence-corrected chi connectivity index (χ0v) is 10.2. The van der Waals surface area contributed by atoms with Crippen LogP contribution in [0.15, 0.2) is 53.0 Å². The van der Waals surface area contributed by atoms with Crippen LogP contribution in [0.2, 0.25) is 0 Å². The van der Waals surface area contributed by atoms with Gasteiger partial charge in [0.25, 0.3) is 0 Å². The molecule has 17 heavy (non-hydrogen) atoms. The van der Waals surface area contributed by atoms with E-state index in [1.807, 2.05) is 24.3 Å². The van der Waals surface area contributed by atoms with E-state index < -0.39 is 11.7 Å². The molecule has 0 aromatic heterocycles. The summed E-state index contributed by atoms with van der Waals surface area (Å²) < 4.78 is 38.0. The first-order valence-electron chi connectivity index (χ1n) is 4.90. The third kappa shape index (κ3) is 2.88. The van der Waals surface area contributed by atoms with Crippen molar-refractivity contribution in [2.45, 2.75) is 6.18 Å². The van der Waals surface area contributed by atoms with Gasteiger partial charge in [-0.25, -0.2) is 0 Å². The molecule has 0 atom stereocenters. The van der Waals surface area contributed by atoms with Crippen LogP contribution in [-0.2, 0) is 6.18 Å². The van der Waals surface area contributed by atoms with E-state index in [0.717, 1.165) is 27.7 Å². The molecule has 0 fully saturated rings. The zero-order chi connectivity index (χ0) is 12.5. The summed E-state index contributed by atoms with van der Waals surface area (Å²) in [7, 11) is 0. The van der Waals surface area contributed by atoms with Gasteiger partial charge in [0, 0.05) is 4.47 Å². The quantitative estimate of drug-likeness (QED) is 0.684. The summed E-state index contributed by atoms with van der Waals surface area (Å²) in [5.74, 6) is 0. The van der Waals surface area contributed by atoms with E-state index in [1.54, 1.807) is 0 Å². The van der Waals surface area contributed by atoms with Crippen LogP contribution < -0.4 is 0 Å². The Kier molecular flexibility index (Phi) is 3.24. The van der Waals surface area contributed by atoms with Gasteiger partial charge in [-0.2, -0.15) is 13.2 Å². The highest BCUT2D eigenvalue weighted by Gasteiger charge is 2.29. The van der Waals surface area contributed by atoms with E-state index in [0.29, 0.717) is 0 Å². The van der Waals surface area contributed by atoms with Crippen molar-refractivity contribution in [1.29, 1.82) is 0 Å². The van der Waals surface area contributed by atoms with E-state index in [9.17, 15) is 13.2 Å². The first-order chi connectivity index (χ1) is 7.97. The number of alkyl halides is 3. The average Bonchev–Trinajstić information content (AvgIpc) is 2.28. The zero-order valence-electron chi connectivity index (χ0n) is 8.63. The fourth-order valence-corrected chi connectivity index (χ4v) is 1.92. The Bertz CT molecular complexity index is 515. The van der Waals surface area contributed by atoms with Crippen LogP contribution in [0.1, 0.15) is 5.56 Å². The minimum absolute atomic E-state index is 0.628. The second-order valence-corrected chi connectivity index (χ2v) is 4.50. The monoisotopic (exact) mass is 300 g/mol. The van der Waals surface area contributed by atoms with Gasteiger partial charge in [-0.05, 0) is 35.4 Å². The normalized spacial score (nSPS) is 11.5. The molecule has 2 aromatic carbocycles. The third-order valence-electron chi connectivity index (χ3n) is 2.37. The lowest BCUT2D eigenvalue weighted by molar-refractivity contribution is -0.137. The molecule has 88 valence electrons. The highest BCUT2D eigenvalue weighted by molar-refractivity contribution is 9.10. The van der Waals surface area contributed by atoms with Crippen molar-refractivity contribution in [1.82, 2.24) is 0 Å². The second-order valence-electron chi connectivity index (χ2n) is 3.59. The van der Waals surface area contributed by atoms with Crippen molar-refractivity contribution in [3.05, 3.63) is 58.6 Å². The van der Waals surface area contributed by atoms with Crippen molar-refractivity contribution < 1.29 is 13.2 Å². The van der Waals surface area contributed by atoms with Crippen LogP contribution in [0.4, 0.5) is 13.2 Å². The molecule has 0 heterocycles. The van der Waals surface area contributed by atoms with E-state index in [2.05, 4.69) is 15.9 Å². The highest BCUT2D eigenvalue weighted by atomic mass is 79.9. The Morgan fingerprint density at radius 3 is 2.00 bits per heavy atom. The van der Waals surface area contributed by atoms with Gasteiger partial charge in [-0.15, -0.1) is 0 Å². The summed E-state index contributed by atoms with van der Waals surface area (Å²) in [6, 6.07) is 12.6. The van der Waals surface area contributed by atoms with Gasteiger partial charge >= 0.3 is 6.18 Å². The molecule has 0 unspecified atom stereocenters. The van der Waals surface area contributed by atoms with Gasteiger partial charge in [-0.3, -0.25) is 0 Å². The lowest BCUT2D eigenvalue weighted by atomic mass is 10.0. The Morgan fingerprint density at radius 2 is 1.47 bits per heavy atom. The molecule has 0 bridgehead atoms. The first-order valence-corrected chi connectivity index (χ1v) is 5.69. The molecule has 0 nitrogen and oxygen atoms in total. The molecule has 0 aliphatic heterocycles. The maximum Gasteiger partial charge on any atom is 0.416 e. The first kappa shape index (κ1) is 12.2. The van der Waals surface area contributed by atoms with Crippen molar-refractivity contribution in [3.63, 3.8) is 0 Å². The van der Waals surface area contributed by atoms with Crippen molar-refractivity contribution in [2.75, 3.05) is 0 Å². The van der Waals surface area contributed by atoms with E-state index >= 15 is 0 Å². The topological polar surface area (TPSA) is 0 Å². The van der Waals surface area contributed by atoms with Crippen molar-refractivity contribution >= 4 is 15.9 Å². The Labute approximate surface area is 105 Å². The lowest BCUT2D eigenvalue weighted by Gasteiger charge is -2.07. The molecule has 2 aromatic rings. The molecule has 0 saturated carbocycles. The number of halogens is 4. The average molecular weight is 301 g/mol. The molecule has 0 spiro atoms. The number of benzene rings is 2. The van der Waals surface area contributed by atoms with Crippen LogP contribution in [-0.4, -0.2) is 0 Å². The van der Waals surface area contributed by atoms with Gasteiger partial charge in [0.15, 0.2) is 0 Å². The summed E-state index contributed by atoms with van der Waals surface area (Å²) in [5.41, 5.74) is 1.02. The van der Waals surface area contributed by atoms with Crippen LogP contribution in [0.25, 0.3) is 11.1 Å². The van der Waals surface area contributed by atoms with Gasteiger partial charge in [0.1, 0.15) is 0 Å². The predicted molar refractivity (Wildman–Crippen MR) is 64.6 cm³/mol. The molecule has 4 heteroatoms. The van der Waals surface area contributed by atoms with Gasteiger partial charge in [0.05, 0.1) is 5.56 Å².